The van der Waals surface area contributed by atoms with E-state index in [1.807, 2.05) is 66.7 Å². The van der Waals surface area contributed by atoms with Gasteiger partial charge in [-0.15, -0.1) is 0 Å². The molecule has 34 heavy (non-hydrogen) atoms. The van der Waals surface area contributed by atoms with Gasteiger partial charge in [0, 0.05) is 50.3 Å². The Balaban J connectivity index is 1.49. The van der Waals surface area contributed by atoms with Crippen LogP contribution in [0.5, 0.6) is 0 Å². The van der Waals surface area contributed by atoms with Crippen molar-refractivity contribution in [2.75, 3.05) is 43.6 Å². The fraction of sp³-hybridized carbons (Fsp3) is 0.286. The molecular formula is C28H31N3O3. The molecule has 1 aliphatic rings. The van der Waals surface area contributed by atoms with Gasteiger partial charge in [-0.2, -0.15) is 0 Å². The van der Waals surface area contributed by atoms with Gasteiger partial charge in [-0.3, -0.25) is 9.59 Å². The van der Waals surface area contributed by atoms with Crippen LogP contribution in [-0.4, -0.2) is 45.2 Å². The Morgan fingerprint density at radius 2 is 1.59 bits per heavy atom. The van der Waals surface area contributed by atoms with Crippen molar-refractivity contribution in [1.29, 1.82) is 0 Å². The molecular weight excluding hydrogens is 426 g/mol. The lowest BCUT2D eigenvalue weighted by Crippen LogP contribution is -2.29. The molecule has 3 aromatic carbocycles. The minimum atomic E-state index is -0.208. The van der Waals surface area contributed by atoms with Crippen LogP contribution in [0, 0.1) is 0 Å². The largest absolute Gasteiger partial charge is 0.385 e. The smallest absolute Gasteiger partial charge is 0.255 e. The zero-order valence-corrected chi connectivity index (χ0v) is 19.5. The highest BCUT2D eigenvalue weighted by molar-refractivity contribution is 6.06. The Morgan fingerprint density at radius 3 is 2.29 bits per heavy atom. The molecule has 1 saturated heterocycles. The first-order valence-corrected chi connectivity index (χ1v) is 11.8. The van der Waals surface area contributed by atoms with E-state index in [0.29, 0.717) is 30.0 Å². The molecule has 3 aromatic rings. The Morgan fingerprint density at radius 1 is 0.882 bits per heavy atom. The summed E-state index contributed by atoms with van der Waals surface area (Å²) in [4.78, 5) is 28.1. The monoisotopic (exact) mass is 457 g/mol. The lowest BCUT2D eigenvalue weighted by Gasteiger charge is -2.22. The fourth-order valence-corrected chi connectivity index (χ4v) is 4.19. The number of nitrogens with zero attached hydrogens (tertiary/aromatic N) is 1. The molecule has 6 nitrogen and oxygen atoms in total. The number of hydrogen-bond donors (Lipinski definition) is 2. The number of nitrogens with one attached hydrogen (secondary N) is 2. The van der Waals surface area contributed by atoms with Gasteiger partial charge < -0.3 is 20.3 Å². The van der Waals surface area contributed by atoms with E-state index in [1.54, 1.807) is 13.2 Å². The van der Waals surface area contributed by atoms with E-state index in [-0.39, 0.29) is 11.8 Å². The number of rotatable bonds is 9. The van der Waals surface area contributed by atoms with Crippen molar-refractivity contribution >= 4 is 23.2 Å². The molecule has 1 fully saturated rings. The fourth-order valence-electron chi connectivity index (χ4n) is 4.19. The minimum Gasteiger partial charge on any atom is -0.385 e. The van der Waals surface area contributed by atoms with Crippen molar-refractivity contribution < 1.29 is 14.3 Å². The summed E-state index contributed by atoms with van der Waals surface area (Å²) in [6.45, 7) is 3.00. The van der Waals surface area contributed by atoms with Crippen molar-refractivity contribution in [2.45, 2.75) is 19.3 Å². The van der Waals surface area contributed by atoms with Crippen LogP contribution in [0.15, 0.2) is 72.8 Å². The van der Waals surface area contributed by atoms with Crippen molar-refractivity contribution in [3.63, 3.8) is 0 Å². The second-order valence-electron chi connectivity index (χ2n) is 8.43. The third-order valence-corrected chi connectivity index (χ3v) is 6.01. The highest BCUT2D eigenvalue weighted by Gasteiger charge is 2.20. The molecule has 0 bridgehead atoms. The minimum absolute atomic E-state index is 0.138. The third-order valence-electron chi connectivity index (χ3n) is 6.01. The zero-order chi connectivity index (χ0) is 23.8. The predicted octanol–water partition coefficient (Wildman–Crippen LogP) is 4.97. The normalized spacial score (nSPS) is 13.0. The van der Waals surface area contributed by atoms with E-state index < -0.39 is 0 Å². The van der Waals surface area contributed by atoms with Crippen LogP contribution < -0.4 is 15.5 Å². The SMILES string of the molecule is COCCCNC(=O)c1cc(NC(=O)c2ccc(-c3ccccc3)cc2)ccc1N1CCCC1. The van der Waals surface area contributed by atoms with E-state index in [2.05, 4.69) is 15.5 Å². The summed E-state index contributed by atoms with van der Waals surface area (Å²) in [5.41, 5.74) is 4.81. The highest BCUT2D eigenvalue weighted by Crippen LogP contribution is 2.28. The molecule has 4 rings (SSSR count). The van der Waals surface area contributed by atoms with Gasteiger partial charge >= 0.3 is 0 Å². The molecule has 0 aliphatic carbocycles. The summed E-state index contributed by atoms with van der Waals surface area (Å²) in [6.07, 6.45) is 2.98. The van der Waals surface area contributed by atoms with E-state index in [4.69, 9.17) is 4.74 Å². The summed E-state index contributed by atoms with van der Waals surface area (Å²) in [5, 5.41) is 5.92. The first-order chi connectivity index (χ1) is 16.7. The number of carbonyl (C=O) groups is 2. The van der Waals surface area contributed by atoms with Crippen LogP contribution in [0.3, 0.4) is 0 Å². The van der Waals surface area contributed by atoms with Gasteiger partial charge in [0.05, 0.1) is 5.56 Å². The molecule has 0 saturated carbocycles. The summed E-state index contributed by atoms with van der Waals surface area (Å²) in [7, 11) is 1.65. The van der Waals surface area contributed by atoms with E-state index >= 15 is 0 Å². The van der Waals surface area contributed by atoms with Crippen molar-refractivity contribution in [2.24, 2.45) is 0 Å². The number of ether oxygens (including phenoxy) is 1. The summed E-state index contributed by atoms with van der Waals surface area (Å²) in [6, 6.07) is 23.1. The second kappa shape index (κ2) is 11.5. The number of benzene rings is 3. The van der Waals surface area contributed by atoms with Crippen LogP contribution in [0.2, 0.25) is 0 Å². The number of hydrogen-bond acceptors (Lipinski definition) is 4. The molecule has 0 spiro atoms. The summed E-state index contributed by atoms with van der Waals surface area (Å²) < 4.78 is 5.06. The van der Waals surface area contributed by atoms with Gasteiger partial charge in [0.25, 0.3) is 11.8 Å². The van der Waals surface area contributed by atoms with Crippen LogP contribution in [-0.2, 0) is 4.74 Å². The Bertz CT molecular complexity index is 1110. The maximum Gasteiger partial charge on any atom is 0.255 e. The van der Waals surface area contributed by atoms with Crippen molar-refractivity contribution in [3.8, 4) is 11.1 Å². The van der Waals surface area contributed by atoms with Gasteiger partial charge in [0.1, 0.15) is 0 Å². The molecule has 1 aliphatic heterocycles. The molecule has 176 valence electrons. The second-order valence-corrected chi connectivity index (χ2v) is 8.43. The van der Waals surface area contributed by atoms with Crippen LogP contribution in [0.25, 0.3) is 11.1 Å². The Kier molecular flexibility index (Phi) is 7.94. The number of anilines is 2. The molecule has 2 N–H and O–H groups in total. The van der Waals surface area contributed by atoms with Gasteiger partial charge in [0.15, 0.2) is 0 Å². The molecule has 1 heterocycles. The van der Waals surface area contributed by atoms with E-state index in [9.17, 15) is 9.59 Å². The summed E-state index contributed by atoms with van der Waals surface area (Å²) >= 11 is 0. The molecule has 6 heteroatoms. The maximum absolute atomic E-state index is 13.0. The molecule has 0 radical (unpaired) electrons. The van der Waals surface area contributed by atoms with Crippen LogP contribution in [0.4, 0.5) is 11.4 Å². The highest BCUT2D eigenvalue weighted by atomic mass is 16.5. The number of methoxy groups -OCH3 is 1. The van der Waals surface area contributed by atoms with Crippen molar-refractivity contribution in [1.82, 2.24) is 5.32 Å². The first kappa shape index (κ1) is 23.5. The van der Waals surface area contributed by atoms with Gasteiger partial charge in [-0.05, 0) is 60.7 Å². The molecule has 0 unspecified atom stereocenters. The lowest BCUT2D eigenvalue weighted by atomic mass is 10.0. The van der Waals surface area contributed by atoms with Gasteiger partial charge in [-0.25, -0.2) is 0 Å². The standard InChI is InChI=1S/C28H31N3O3/c1-34-19-7-16-29-28(33)25-20-24(14-15-26(25)31-17-5-6-18-31)30-27(32)23-12-10-22(11-13-23)21-8-3-2-4-9-21/h2-4,8-15,20H,5-7,16-19H2,1H3,(H,29,33)(H,30,32). The predicted molar refractivity (Wildman–Crippen MR) is 137 cm³/mol. The van der Waals surface area contributed by atoms with Crippen LogP contribution in [0.1, 0.15) is 40.0 Å². The third kappa shape index (κ3) is 5.83. The Labute approximate surface area is 200 Å². The zero-order valence-electron chi connectivity index (χ0n) is 19.5. The molecule has 0 atom stereocenters. The van der Waals surface area contributed by atoms with Crippen molar-refractivity contribution in [3.05, 3.63) is 83.9 Å². The first-order valence-electron chi connectivity index (χ1n) is 11.8. The quantitative estimate of drug-likeness (QED) is 0.445. The average Bonchev–Trinajstić information content (AvgIpc) is 3.42. The average molecular weight is 458 g/mol. The van der Waals surface area contributed by atoms with Gasteiger partial charge in [-0.1, -0.05) is 42.5 Å². The van der Waals surface area contributed by atoms with Gasteiger partial charge in [0.2, 0.25) is 0 Å². The maximum atomic E-state index is 13.0. The lowest BCUT2D eigenvalue weighted by molar-refractivity contribution is 0.0947. The molecule has 2 amide bonds. The topological polar surface area (TPSA) is 70.7 Å². The number of carbonyl (C=O) groups excluding carboxylic acids is 2. The summed E-state index contributed by atoms with van der Waals surface area (Å²) in [5.74, 6) is -0.346. The van der Waals surface area contributed by atoms with E-state index in [1.165, 1.54) is 0 Å². The molecule has 0 aromatic heterocycles. The van der Waals surface area contributed by atoms with E-state index in [0.717, 1.165) is 49.2 Å². The number of amides is 2. The van der Waals surface area contributed by atoms with Crippen LogP contribution >= 0.6 is 0 Å². The Hall–Kier alpha value is -3.64.